The predicted octanol–water partition coefficient (Wildman–Crippen LogP) is 4.00. The van der Waals surface area contributed by atoms with Crippen molar-refractivity contribution in [3.63, 3.8) is 0 Å². The van der Waals surface area contributed by atoms with Crippen LogP contribution in [0.2, 0.25) is 0 Å². The lowest BCUT2D eigenvalue weighted by Gasteiger charge is -2.36. The maximum Gasteiger partial charge on any atom is 0.160 e. The summed E-state index contributed by atoms with van der Waals surface area (Å²) in [6.07, 6.45) is 3.91. The number of piperazine rings is 1. The van der Waals surface area contributed by atoms with Crippen LogP contribution in [-0.4, -0.2) is 71.4 Å². The molecular formula is C27H31N7O. The number of rotatable bonds is 3. The van der Waals surface area contributed by atoms with E-state index in [0.717, 1.165) is 77.5 Å². The van der Waals surface area contributed by atoms with E-state index in [1.54, 1.807) is 0 Å². The molecule has 1 aromatic carbocycles. The molecule has 0 aliphatic carbocycles. The lowest BCUT2D eigenvalue weighted by molar-refractivity contribution is 0.134. The van der Waals surface area contributed by atoms with Crippen molar-refractivity contribution in [2.24, 2.45) is 0 Å². The highest BCUT2D eigenvalue weighted by molar-refractivity contribution is 5.95. The number of fused-ring (bicyclic) bond motifs is 2. The van der Waals surface area contributed by atoms with Gasteiger partial charge in [-0.2, -0.15) is 0 Å². The van der Waals surface area contributed by atoms with Gasteiger partial charge in [-0.05, 0) is 56.3 Å². The number of nitrogens with zero attached hydrogens (tertiary/aromatic N) is 5. The van der Waals surface area contributed by atoms with Crippen molar-refractivity contribution < 1.29 is 4.74 Å². The molecule has 1 fully saturated rings. The summed E-state index contributed by atoms with van der Waals surface area (Å²) in [6, 6.07) is 8.78. The van der Waals surface area contributed by atoms with Gasteiger partial charge in [-0.15, -0.1) is 10.2 Å². The second-order valence-electron chi connectivity index (χ2n) is 9.65. The van der Waals surface area contributed by atoms with Crippen molar-refractivity contribution in [3.05, 3.63) is 53.3 Å². The number of ether oxygens (including phenoxy) is 1. The van der Waals surface area contributed by atoms with Crippen LogP contribution in [-0.2, 0) is 11.3 Å². The van der Waals surface area contributed by atoms with E-state index in [1.165, 1.54) is 16.8 Å². The molecule has 0 atom stereocenters. The van der Waals surface area contributed by atoms with Crippen LogP contribution in [0.5, 0.6) is 0 Å². The van der Waals surface area contributed by atoms with Gasteiger partial charge in [-0.1, -0.05) is 0 Å². The van der Waals surface area contributed by atoms with Crippen LogP contribution in [0.4, 0.5) is 11.5 Å². The third kappa shape index (κ3) is 4.13. The van der Waals surface area contributed by atoms with Gasteiger partial charge in [0, 0.05) is 78.4 Å². The standard InChI is InChI=1S/C27H31N7O/c1-17-10-19(11-18(2)25(17)34-7-5-33(3)6-8-34)24-13-22-23(15-30-27(22)32-31-24)20-12-21-16-35-9-4-28-26(21)29-14-20/h10-15H,4-9,16H2,1-3H3,(H,28,29)(H,30,32). The Morgan fingerprint density at radius 2 is 1.74 bits per heavy atom. The average Bonchev–Trinajstić information content (AvgIpc) is 3.14. The van der Waals surface area contributed by atoms with Gasteiger partial charge in [-0.3, -0.25) is 0 Å². The van der Waals surface area contributed by atoms with E-state index < -0.39 is 0 Å². The predicted molar refractivity (Wildman–Crippen MR) is 140 cm³/mol. The van der Waals surface area contributed by atoms with E-state index in [4.69, 9.17) is 4.74 Å². The molecular weight excluding hydrogens is 438 g/mol. The Bertz CT molecular complexity index is 1360. The number of benzene rings is 1. The molecule has 0 saturated carbocycles. The van der Waals surface area contributed by atoms with Gasteiger partial charge in [0.25, 0.3) is 0 Å². The molecule has 8 heteroatoms. The van der Waals surface area contributed by atoms with Crippen LogP contribution in [0.3, 0.4) is 0 Å². The fourth-order valence-electron chi connectivity index (χ4n) is 5.28. The molecule has 2 aliphatic rings. The van der Waals surface area contributed by atoms with Gasteiger partial charge in [0.05, 0.1) is 18.9 Å². The largest absolute Gasteiger partial charge is 0.375 e. The number of H-pyrrole nitrogens is 1. The van der Waals surface area contributed by atoms with Crippen LogP contribution in [0.25, 0.3) is 33.4 Å². The fraction of sp³-hybridized carbons (Fsp3) is 0.370. The van der Waals surface area contributed by atoms with E-state index in [0.29, 0.717) is 13.2 Å². The summed E-state index contributed by atoms with van der Waals surface area (Å²) in [4.78, 5) is 12.8. The number of aromatic nitrogens is 4. The molecule has 0 amide bonds. The smallest absolute Gasteiger partial charge is 0.160 e. The maximum absolute atomic E-state index is 5.70. The summed E-state index contributed by atoms with van der Waals surface area (Å²) >= 11 is 0. The highest BCUT2D eigenvalue weighted by Crippen LogP contribution is 2.34. The molecule has 180 valence electrons. The van der Waals surface area contributed by atoms with E-state index in [-0.39, 0.29) is 0 Å². The lowest BCUT2D eigenvalue weighted by atomic mass is 9.99. The van der Waals surface area contributed by atoms with Crippen LogP contribution >= 0.6 is 0 Å². The molecule has 1 saturated heterocycles. The molecule has 2 N–H and O–H groups in total. The summed E-state index contributed by atoms with van der Waals surface area (Å²) in [5, 5.41) is 13.4. The number of pyridine rings is 1. The Balaban J connectivity index is 1.36. The third-order valence-corrected chi connectivity index (χ3v) is 7.12. The molecule has 2 aliphatic heterocycles. The van der Waals surface area contributed by atoms with Crippen molar-refractivity contribution in [2.75, 3.05) is 56.6 Å². The highest BCUT2D eigenvalue weighted by Gasteiger charge is 2.19. The zero-order valence-corrected chi connectivity index (χ0v) is 20.6. The van der Waals surface area contributed by atoms with Gasteiger partial charge in [0.2, 0.25) is 0 Å². The molecule has 0 bridgehead atoms. The topological polar surface area (TPSA) is 82.2 Å². The summed E-state index contributed by atoms with van der Waals surface area (Å²) in [5.41, 5.74) is 9.84. The Hall–Kier alpha value is -3.49. The average molecular weight is 470 g/mol. The number of nitrogens with one attached hydrogen (secondary N) is 2. The number of aromatic amines is 1. The zero-order valence-electron chi connectivity index (χ0n) is 20.6. The summed E-state index contributed by atoms with van der Waals surface area (Å²) in [5.74, 6) is 0.901. The van der Waals surface area contributed by atoms with Crippen molar-refractivity contribution in [2.45, 2.75) is 20.5 Å². The first-order valence-corrected chi connectivity index (χ1v) is 12.3. The quantitative estimate of drug-likeness (QED) is 0.469. The normalized spacial score (nSPS) is 16.7. The minimum Gasteiger partial charge on any atom is -0.375 e. The molecule has 0 spiro atoms. The van der Waals surface area contributed by atoms with Crippen LogP contribution in [0.1, 0.15) is 16.7 Å². The van der Waals surface area contributed by atoms with Gasteiger partial charge >= 0.3 is 0 Å². The Morgan fingerprint density at radius 1 is 0.943 bits per heavy atom. The van der Waals surface area contributed by atoms with Gasteiger partial charge in [-0.25, -0.2) is 4.98 Å². The summed E-state index contributed by atoms with van der Waals surface area (Å²) in [7, 11) is 2.19. The molecule has 4 aromatic rings. The first-order chi connectivity index (χ1) is 17.1. The van der Waals surface area contributed by atoms with Crippen molar-refractivity contribution in [3.8, 4) is 22.4 Å². The van der Waals surface area contributed by atoms with Crippen molar-refractivity contribution >= 4 is 22.5 Å². The first-order valence-electron chi connectivity index (χ1n) is 12.3. The molecule has 8 nitrogen and oxygen atoms in total. The fourth-order valence-corrected chi connectivity index (χ4v) is 5.28. The molecule has 5 heterocycles. The van der Waals surface area contributed by atoms with E-state index in [2.05, 4.69) is 80.4 Å². The maximum atomic E-state index is 5.70. The number of likely N-dealkylation sites (N-methyl/N-ethyl adjacent to an activating group) is 1. The third-order valence-electron chi connectivity index (χ3n) is 7.12. The van der Waals surface area contributed by atoms with Crippen LogP contribution in [0, 0.1) is 13.8 Å². The van der Waals surface area contributed by atoms with E-state index in [1.807, 2.05) is 12.4 Å². The molecule has 0 unspecified atom stereocenters. The van der Waals surface area contributed by atoms with Gasteiger partial charge < -0.3 is 24.8 Å². The highest BCUT2D eigenvalue weighted by atomic mass is 16.5. The van der Waals surface area contributed by atoms with Crippen LogP contribution < -0.4 is 10.2 Å². The number of aryl methyl sites for hydroxylation is 2. The number of hydrogen-bond donors (Lipinski definition) is 2. The lowest BCUT2D eigenvalue weighted by Crippen LogP contribution is -2.45. The Labute approximate surface area is 205 Å². The molecule has 0 radical (unpaired) electrons. The second-order valence-corrected chi connectivity index (χ2v) is 9.65. The van der Waals surface area contributed by atoms with Gasteiger partial charge in [0.1, 0.15) is 5.82 Å². The summed E-state index contributed by atoms with van der Waals surface area (Å²) in [6.45, 7) is 10.7. The summed E-state index contributed by atoms with van der Waals surface area (Å²) < 4.78 is 5.70. The Kier molecular flexibility index (Phi) is 5.62. The SMILES string of the molecule is Cc1cc(-c2cc3c(-c4cnc5c(c4)COCCN5)c[nH]c3nn2)cc(C)c1N1CCN(C)CC1. The Morgan fingerprint density at radius 3 is 2.54 bits per heavy atom. The molecule has 6 rings (SSSR count). The second kappa shape index (κ2) is 8.94. The minimum absolute atomic E-state index is 0.564. The monoisotopic (exact) mass is 469 g/mol. The van der Waals surface area contributed by atoms with Gasteiger partial charge in [0.15, 0.2) is 5.65 Å². The van der Waals surface area contributed by atoms with Crippen molar-refractivity contribution in [1.82, 2.24) is 25.1 Å². The number of hydrogen-bond acceptors (Lipinski definition) is 7. The minimum atomic E-state index is 0.564. The van der Waals surface area contributed by atoms with Crippen molar-refractivity contribution in [1.29, 1.82) is 0 Å². The first kappa shape index (κ1) is 22.0. The zero-order chi connectivity index (χ0) is 23.9. The molecule has 35 heavy (non-hydrogen) atoms. The van der Waals surface area contributed by atoms with E-state index >= 15 is 0 Å². The van der Waals surface area contributed by atoms with E-state index in [9.17, 15) is 0 Å². The number of anilines is 2. The molecule has 3 aromatic heterocycles. The van der Waals surface area contributed by atoms with Crippen LogP contribution in [0.15, 0.2) is 36.7 Å².